The van der Waals surface area contributed by atoms with E-state index in [0.29, 0.717) is 0 Å². The lowest BCUT2D eigenvalue weighted by Crippen LogP contribution is -2.44. The number of rotatable bonds is 0. The Hall–Kier alpha value is -0.120. The molecule has 0 spiro atoms. The van der Waals surface area contributed by atoms with Gasteiger partial charge in [0.1, 0.15) is 11.8 Å². The summed E-state index contributed by atoms with van der Waals surface area (Å²) in [7, 11) is 0. The third-order valence-corrected chi connectivity index (χ3v) is 2.11. The van der Waals surface area contributed by atoms with Gasteiger partial charge in [-0.15, -0.1) is 0 Å². The number of hydrogen-bond acceptors (Lipinski definition) is 3. The zero-order chi connectivity index (χ0) is 6.32. The molecule has 9 heavy (non-hydrogen) atoms. The van der Waals surface area contributed by atoms with Crippen molar-refractivity contribution in [2.24, 2.45) is 5.73 Å². The van der Waals surface area contributed by atoms with Crippen molar-refractivity contribution in [2.45, 2.75) is 24.7 Å². The van der Waals surface area contributed by atoms with Gasteiger partial charge in [0.15, 0.2) is 0 Å². The van der Waals surface area contributed by atoms with Gasteiger partial charge in [-0.2, -0.15) is 0 Å². The van der Waals surface area contributed by atoms with Gasteiger partial charge in [0, 0.05) is 12.8 Å². The summed E-state index contributed by atoms with van der Waals surface area (Å²) < 4.78 is 10.6. The minimum absolute atomic E-state index is 0.178. The van der Waals surface area contributed by atoms with E-state index in [1.807, 2.05) is 0 Å². The van der Waals surface area contributed by atoms with Crippen molar-refractivity contribution in [1.82, 2.24) is 0 Å². The Morgan fingerprint density at radius 2 is 2.33 bits per heavy atom. The Labute approximate surface area is 54.1 Å². The summed E-state index contributed by atoms with van der Waals surface area (Å²) >= 11 is 0. The van der Waals surface area contributed by atoms with Crippen molar-refractivity contribution in [3.05, 3.63) is 0 Å². The van der Waals surface area contributed by atoms with Crippen LogP contribution in [0, 0.1) is 0 Å². The van der Waals surface area contributed by atoms with E-state index in [1.165, 1.54) is 0 Å². The Balaban J connectivity index is 2.17. The van der Waals surface area contributed by atoms with Gasteiger partial charge < -0.3 is 15.2 Å². The van der Waals surface area contributed by atoms with Crippen LogP contribution in [0.5, 0.6) is 0 Å². The molecule has 0 aromatic carbocycles. The van der Waals surface area contributed by atoms with Crippen molar-refractivity contribution in [3.8, 4) is 0 Å². The first-order valence-electron chi connectivity index (χ1n) is 3.36. The van der Waals surface area contributed by atoms with Crippen LogP contribution in [0.1, 0.15) is 12.8 Å². The first-order valence-corrected chi connectivity index (χ1v) is 3.36. The fraction of sp³-hybridized carbons (Fsp3) is 1.00. The van der Waals surface area contributed by atoms with Crippen LogP contribution in [0.3, 0.4) is 0 Å². The van der Waals surface area contributed by atoms with E-state index in [4.69, 9.17) is 15.2 Å². The normalized spacial score (nSPS) is 49.7. The van der Waals surface area contributed by atoms with E-state index >= 15 is 0 Å². The van der Waals surface area contributed by atoms with Crippen molar-refractivity contribution in [1.29, 1.82) is 0 Å². The number of nitrogens with two attached hydrogens (primary N) is 1. The first kappa shape index (κ1) is 5.65. The van der Waals surface area contributed by atoms with Gasteiger partial charge in [-0.1, -0.05) is 0 Å². The third kappa shape index (κ3) is 0.689. The molecular weight excluding hydrogens is 118 g/mol. The molecule has 2 saturated heterocycles. The molecule has 0 radical (unpaired) electrons. The second kappa shape index (κ2) is 1.68. The standard InChI is InChI=1S/C6H11NO2/c7-6-2-4-8-5(6)1-3-9-6/h5H,1-4,7H2/t5?,6-/m0/s1. The fourth-order valence-electron chi connectivity index (χ4n) is 1.51. The zero-order valence-corrected chi connectivity index (χ0v) is 5.30. The Morgan fingerprint density at radius 3 is 3.11 bits per heavy atom. The SMILES string of the molecule is N[C@]12CCOC1CCO2. The fourth-order valence-corrected chi connectivity index (χ4v) is 1.51. The molecule has 1 unspecified atom stereocenters. The molecule has 0 amide bonds. The van der Waals surface area contributed by atoms with Crippen LogP contribution in [0.4, 0.5) is 0 Å². The molecule has 3 nitrogen and oxygen atoms in total. The van der Waals surface area contributed by atoms with Crippen molar-refractivity contribution >= 4 is 0 Å². The lowest BCUT2D eigenvalue weighted by atomic mass is 10.1. The molecule has 2 atom stereocenters. The topological polar surface area (TPSA) is 44.5 Å². The van der Waals surface area contributed by atoms with E-state index in [0.717, 1.165) is 26.1 Å². The van der Waals surface area contributed by atoms with Crippen molar-refractivity contribution in [3.63, 3.8) is 0 Å². The zero-order valence-electron chi connectivity index (χ0n) is 5.30. The predicted octanol–water partition coefficient (Wildman–Crippen LogP) is -0.149. The smallest absolute Gasteiger partial charge is 0.145 e. The lowest BCUT2D eigenvalue weighted by Gasteiger charge is -2.19. The molecule has 0 aromatic heterocycles. The maximum Gasteiger partial charge on any atom is 0.145 e. The largest absolute Gasteiger partial charge is 0.374 e. The van der Waals surface area contributed by atoms with Gasteiger partial charge in [-0.3, -0.25) is 0 Å². The Kier molecular flexibility index (Phi) is 1.06. The molecule has 2 rings (SSSR count). The van der Waals surface area contributed by atoms with Gasteiger partial charge in [0.05, 0.1) is 13.2 Å². The third-order valence-electron chi connectivity index (χ3n) is 2.11. The minimum Gasteiger partial charge on any atom is -0.374 e. The molecule has 2 aliphatic heterocycles. The highest BCUT2D eigenvalue weighted by atomic mass is 16.6. The second-order valence-corrected chi connectivity index (χ2v) is 2.70. The Morgan fingerprint density at radius 1 is 1.44 bits per heavy atom. The summed E-state index contributed by atoms with van der Waals surface area (Å²) in [4.78, 5) is 0. The van der Waals surface area contributed by atoms with E-state index in [2.05, 4.69) is 0 Å². The molecule has 0 bridgehead atoms. The molecule has 2 heterocycles. The van der Waals surface area contributed by atoms with Crippen LogP contribution >= 0.6 is 0 Å². The molecule has 2 fully saturated rings. The Bertz CT molecular complexity index is 116. The number of hydrogen-bond donors (Lipinski definition) is 1. The van der Waals surface area contributed by atoms with Crippen LogP contribution < -0.4 is 5.73 Å². The maximum absolute atomic E-state index is 5.82. The summed E-state index contributed by atoms with van der Waals surface area (Å²) in [5.74, 6) is 0. The van der Waals surface area contributed by atoms with Gasteiger partial charge in [-0.05, 0) is 0 Å². The molecular formula is C6H11NO2. The van der Waals surface area contributed by atoms with E-state index in [1.54, 1.807) is 0 Å². The summed E-state index contributed by atoms with van der Waals surface area (Å²) in [5, 5.41) is 0. The molecule has 52 valence electrons. The van der Waals surface area contributed by atoms with Gasteiger partial charge in [-0.25, -0.2) is 0 Å². The van der Waals surface area contributed by atoms with Crippen molar-refractivity contribution < 1.29 is 9.47 Å². The summed E-state index contributed by atoms with van der Waals surface area (Å²) in [6.45, 7) is 1.53. The number of fused-ring (bicyclic) bond motifs is 1. The van der Waals surface area contributed by atoms with E-state index in [9.17, 15) is 0 Å². The van der Waals surface area contributed by atoms with Gasteiger partial charge in [0.2, 0.25) is 0 Å². The van der Waals surface area contributed by atoms with Gasteiger partial charge >= 0.3 is 0 Å². The van der Waals surface area contributed by atoms with Crippen LogP contribution in [0.2, 0.25) is 0 Å². The molecule has 0 saturated carbocycles. The maximum atomic E-state index is 5.82. The summed E-state index contributed by atoms with van der Waals surface area (Å²) in [5.41, 5.74) is 5.40. The average Bonchev–Trinajstić information content (AvgIpc) is 2.22. The molecule has 2 N–H and O–H groups in total. The average molecular weight is 129 g/mol. The van der Waals surface area contributed by atoms with Crippen LogP contribution in [0.15, 0.2) is 0 Å². The highest BCUT2D eigenvalue weighted by molar-refractivity contribution is 4.92. The molecule has 3 heteroatoms. The molecule has 0 aliphatic carbocycles. The molecule has 0 aromatic rings. The van der Waals surface area contributed by atoms with Crippen molar-refractivity contribution in [2.75, 3.05) is 13.2 Å². The minimum atomic E-state index is -0.417. The van der Waals surface area contributed by atoms with Crippen LogP contribution in [0.25, 0.3) is 0 Å². The first-order chi connectivity index (χ1) is 4.31. The highest BCUT2D eigenvalue weighted by Gasteiger charge is 2.45. The second-order valence-electron chi connectivity index (χ2n) is 2.70. The quantitative estimate of drug-likeness (QED) is 0.494. The lowest BCUT2D eigenvalue weighted by molar-refractivity contribution is -0.0157. The summed E-state index contributed by atoms with van der Waals surface area (Å²) in [6, 6.07) is 0. The van der Waals surface area contributed by atoms with E-state index < -0.39 is 5.72 Å². The number of ether oxygens (including phenoxy) is 2. The monoisotopic (exact) mass is 129 g/mol. The highest BCUT2D eigenvalue weighted by Crippen LogP contribution is 2.32. The van der Waals surface area contributed by atoms with Crippen LogP contribution in [-0.2, 0) is 9.47 Å². The molecule has 2 aliphatic rings. The van der Waals surface area contributed by atoms with E-state index in [-0.39, 0.29) is 6.10 Å². The van der Waals surface area contributed by atoms with Crippen LogP contribution in [-0.4, -0.2) is 25.0 Å². The summed E-state index contributed by atoms with van der Waals surface area (Å²) in [6.07, 6.45) is 2.01. The predicted molar refractivity (Wildman–Crippen MR) is 31.8 cm³/mol. The van der Waals surface area contributed by atoms with Gasteiger partial charge in [0.25, 0.3) is 0 Å².